The van der Waals surface area contributed by atoms with Crippen LogP contribution in [0.25, 0.3) is 0 Å². The van der Waals surface area contributed by atoms with Gasteiger partial charge in [0.25, 0.3) is 5.91 Å². The molecule has 7 nitrogen and oxygen atoms in total. The fraction of sp³-hybridized carbons (Fsp3) is 0.250. The van der Waals surface area contributed by atoms with Crippen LogP contribution in [-0.2, 0) is 6.42 Å². The third-order valence-corrected chi connectivity index (χ3v) is 3.52. The van der Waals surface area contributed by atoms with E-state index < -0.39 is 11.9 Å². The molecule has 0 aromatic carbocycles. The number of hydrogen-bond donors (Lipinski definition) is 2. The summed E-state index contributed by atoms with van der Waals surface area (Å²) in [6.45, 7) is 3.49. The number of nitrogens with zero attached hydrogens (tertiary/aromatic N) is 3. The molecular weight excluding hydrogens is 280 g/mol. The largest absolute Gasteiger partial charge is 0.478 e. The zero-order chi connectivity index (χ0) is 14.7. The number of pyridine rings is 1. The van der Waals surface area contributed by atoms with Gasteiger partial charge in [0.05, 0.1) is 11.3 Å². The lowest BCUT2D eigenvalue weighted by atomic mass is 10.2. The van der Waals surface area contributed by atoms with Crippen molar-refractivity contribution in [2.24, 2.45) is 0 Å². The number of carbonyl (C=O) groups is 2. The van der Waals surface area contributed by atoms with Gasteiger partial charge in [-0.25, -0.2) is 9.78 Å². The first-order valence-electron chi connectivity index (χ1n) is 5.86. The number of carboxylic acid groups (broad SMARTS) is 1. The van der Waals surface area contributed by atoms with Crippen LogP contribution in [0.3, 0.4) is 0 Å². The number of anilines is 1. The number of carbonyl (C=O) groups excluding carboxylic acids is 1. The molecule has 104 valence electrons. The number of hydrogen-bond acceptors (Lipinski definition) is 6. The van der Waals surface area contributed by atoms with Crippen molar-refractivity contribution in [3.63, 3.8) is 0 Å². The lowest BCUT2D eigenvalue weighted by Gasteiger charge is -2.04. The average Bonchev–Trinajstić information content (AvgIpc) is 2.85. The maximum absolute atomic E-state index is 12.0. The number of amides is 1. The average molecular weight is 292 g/mol. The molecule has 0 unspecified atom stereocenters. The fourth-order valence-corrected chi connectivity index (χ4v) is 2.20. The molecule has 0 radical (unpaired) electrons. The van der Waals surface area contributed by atoms with E-state index in [1.165, 1.54) is 23.5 Å². The minimum absolute atomic E-state index is 0.0748. The molecule has 2 N–H and O–H groups in total. The third kappa shape index (κ3) is 2.97. The van der Waals surface area contributed by atoms with Crippen molar-refractivity contribution in [3.8, 4) is 0 Å². The van der Waals surface area contributed by atoms with Crippen LogP contribution in [0.4, 0.5) is 5.13 Å². The summed E-state index contributed by atoms with van der Waals surface area (Å²) < 4.78 is 0. The molecule has 0 spiro atoms. The molecule has 0 bridgehead atoms. The molecule has 1 amide bonds. The number of aromatic nitrogens is 3. The minimum atomic E-state index is -1.07. The van der Waals surface area contributed by atoms with E-state index in [2.05, 4.69) is 20.5 Å². The molecule has 0 fully saturated rings. The molecule has 0 aliphatic carbocycles. The van der Waals surface area contributed by atoms with E-state index in [0.29, 0.717) is 5.13 Å². The molecule has 0 saturated heterocycles. The molecule has 2 aromatic rings. The number of nitrogens with one attached hydrogen (secondary N) is 1. The molecule has 0 aliphatic rings. The predicted molar refractivity (Wildman–Crippen MR) is 73.2 cm³/mol. The minimum Gasteiger partial charge on any atom is -0.478 e. The molecule has 0 saturated carbocycles. The highest BCUT2D eigenvalue weighted by Gasteiger charge is 2.14. The van der Waals surface area contributed by atoms with Crippen LogP contribution in [0.2, 0.25) is 0 Å². The van der Waals surface area contributed by atoms with Crippen molar-refractivity contribution in [2.45, 2.75) is 20.3 Å². The van der Waals surface area contributed by atoms with E-state index in [1.807, 2.05) is 6.92 Å². The molecule has 2 rings (SSSR count). The van der Waals surface area contributed by atoms with E-state index in [4.69, 9.17) is 5.11 Å². The van der Waals surface area contributed by atoms with E-state index in [0.717, 1.165) is 11.4 Å². The standard InChI is InChI=1S/C12H12N4O3S/c1-3-9-15-16-12(20-9)14-10(17)8-5-4-7(11(18)19)6(2)13-8/h4-5H,3H2,1-2H3,(H,18,19)(H,14,16,17). The Labute approximate surface area is 118 Å². The Morgan fingerprint density at radius 3 is 2.65 bits per heavy atom. The quantitative estimate of drug-likeness (QED) is 0.889. The summed E-state index contributed by atoms with van der Waals surface area (Å²) in [4.78, 5) is 26.8. The second kappa shape index (κ2) is 5.74. The molecular formula is C12H12N4O3S. The zero-order valence-corrected chi connectivity index (χ0v) is 11.7. The van der Waals surface area contributed by atoms with Crippen LogP contribution in [-0.4, -0.2) is 32.2 Å². The van der Waals surface area contributed by atoms with Crippen LogP contribution in [0.5, 0.6) is 0 Å². The summed E-state index contributed by atoms with van der Waals surface area (Å²) in [5, 5.41) is 20.4. The number of aryl methyl sites for hydroxylation is 2. The fourth-order valence-electron chi connectivity index (χ4n) is 1.52. The molecule has 8 heteroatoms. The number of rotatable bonds is 4. The molecule has 2 heterocycles. The second-order valence-corrected chi connectivity index (χ2v) is 5.01. The van der Waals surface area contributed by atoms with Gasteiger partial charge >= 0.3 is 5.97 Å². The van der Waals surface area contributed by atoms with Crippen molar-refractivity contribution in [2.75, 3.05) is 5.32 Å². The summed E-state index contributed by atoms with van der Waals surface area (Å²) in [5.74, 6) is -1.51. The van der Waals surface area contributed by atoms with Crippen molar-refractivity contribution in [1.82, 2.24) is 15.2 Å². The summed E-state index contributed by atoms with van der Waals surface area (Å²) in [7, 11) is 0. The van der Waals surface area contributed by atoms with Crippen LogP contribution in [0.1, 0.15) is 38.5 Å². The Kier molecular flexibility index (Phi) is 4.04. The third-order valence-electron chi connectivity index (χ3n) is 2.54. The molecule has 2 aromatic heterocycles. The van der Waals surface area contributed by atoms with Crippen LogP contribution in [0, 0.1) is 6.92 Å². The monoisotopic (exact) mass is 292 g/mol. The highest BCUT2D eigenvalue weighted by Crippen LogP contribution is 2.16. The number of aromatic carboxylic acids is 1. The van der Waals surface area contributed by atoms with Gasteiger partial charge < -0.3 is 5.11 Å². The Balaban J connectivity index is 2.17. The predicted octanol–water partition coefficient (Wildman–Crippen LogP) is 1.75. The van der Waals surface area contributed by atoms with Gasteiger partial charge in [-0.15, -0.1) is 10.2 Å². The Morgan fingerprint density at radius 2 is 2.10 bits per heavy atom. The summed E-state index contributed by atoms with van der Waals surface area (Å²) >= 11 is 1.29. The van der Waals surface area contributed by atoms with E-state index in [-0.39, 0.29) is 17.0 Å². The van der Waals surface area contributed by atoms with Crippen molar-refractivity contribution >= 4 is 28.3 Å². The van der Waals surface area contributed by atoms with E-state index in [1.54, 1.807) is 6.92 Å². The van der Waals surface area contributed by atoms with Gasteiger partial charge in [-0.1, -0.05) is 18.3 Å². The van der Waals surface area contributed by atoms with E-state index >= 15 is 0 Å². The van der Waals surface area contributed by atoms with Gasteiger partial charge in [0.15, 0.2) is 0 Å². The lowest BCUT2D eigenvalue weighted by molar-refractivity contribution is 0.0695. The normalized spacial score (nSPS) is 10.3. The van der Waals surface area contributed by atoms with Gasteiger partial charge in [-0.2, -0.15) is 0 Å². The topological polar surface area (TPSA) is 105 Å². The molecule has 0 aliphatic heterocycles. The molecule has 0 atom stereocenters. The summed E-state index contributed by atoms with van der Waals surface area (Å²) in [5.41, 5.74) is 0.503. The van der Waals surface area contributed by atoms with Crippen molar-refractivity contribution in [1.29, 1.82) is 0 Å². The van der Waals surface area contributed by atoms with Crippen LogP contribution >= 0.6 is 11.3 Å². The first kappa shape index (κ1) is 14.1. The number of carboxylic acids is 1. The van der Waals surface area contributed by atoms with Gasteiger partial charge in [-0.05, 0) is 25.5 Å². The van der Waals surface area contributed by atoms with Gasteiger partial charge in [-0.3, -0.25) is 10.1 Å². The van der Waals surface area contributed by atoms with Crippen molar-refractivity contribution in [3.05, 3.63) is 34.1 Å². The smallest absolute Gasteiger partial charge is 0.337 e. The van der Waals surface area contributed by atoms with E-state index in [9.17, 15) is 9.59 Å². The summed E-state index contributed by atoms with van der Waals surface area (Å²) in [6.07, 6.45) is 0.748. The van der Waals surface area contributed by atoms with Gasteiger partial charge in [0.2, 0.25) is 5.13 Å². The highest BCUT2D eigenvalue weighted by molar-refractivity contribution is 7.15. The maximum Gasteiger partial charge on any atom is 0.337 e. The first-order chi connectivity index (χ1) is 9.51. The zero-order valence-electron chi connectivity index (χ0n) is 10.9. The Morgan fingerprint density at radius 1 is 1.35 bits per heavy atom. The Bertz CT molecular complexity index is 668. The maximum atomic E-state index is 12.0. The van der Waals surface area contributed by atoms with Crippen molar-refractivity contribution < 1.29 is 14.7 Å². The van der Waals surface area contributed by atoms with Crippen LogP contribution in [0.15, 0.2) is 12.1 Å². The molecule has 20 heavy (non-hydrogen) atoms. The van der Waals surface area contributed by atoms with Gasteiger partial charge in [0, 0.05) is 0 Å². The van der Waals surface area contributed by atoms with Crippen LogP contribution < -0.4 is 5.32 Å². The first-order valence-corrected chi connectivity index (χ1v) is 6.67. The van der Waals surface area contributed by atoms with Gasteiger partial charge in [0.1, 0.15) is 10.7 Å². The SMILES string of the molecule is CCc1nnc(NC(=O)c2ccc(C(=O)O)c(C)n2)s1. The Hall–Kier alpha value is -2.35. The second-order valence-electron chi connectivity index (χ2n) is 3.94. The lowest BCUT2D eigenvalue weighted by Crippen LogP contribution is -2.15. The highest BCUT2D eigenvalue weighted by atomic mass is 32.1. The summed E-state index contributed by atoms with van der Waals surface area (Å²) in [6, 6.07) is 2.73.